The highest BCUT2D eigenvalue weighted by atomic mass is 16.5. The molecule has 0 atom stereocenters. The standard InChI is InChI=1S/C18H18N2O3/c1-11-4-7-16(22-3)15(8-11)20-18(21)10-13-5-6-14-17(9-13)23-12(2)19-14/h4-9H,10H2,1-3H3,(H,20,21). The lowest BCUT2D eigenvalue weighted by atomic mass is 10.1. The first-order chi connectivity index (χ1) is 11.0. The second-order valence-corrected chi connectivity index (χ2v) is 5.46. The lowest BCUT2D eigenvalue weighted by molar-refractivity contribution is -0.115. The zero-order chi connectivity index (χ0) is 16.4. The molecule has 118 valence electrons. The van der Waals surface area contributed by atoms with E-state index in [0.29, 0.717) is 22.9 Å². The number of benzene rings is 2. The van der Waals surface area contributed by atoms with Crippen molar-refractivity contribution in [3.8, 4) is 5.75 Å². The first-order valence-corrected chi connectivity index (χ1v) is 7.36. The third-order valence-electron chi connectivity index (χ3n) is 3.55. The Hall–Kier alpha value is -2.82. The third kappa shape index (κ3) is 3.34. The fraction of sp³-hybridized carbons (Fsp3) is 0.222. The second-order valence-electron chi connectivity index (χ2n) is 5.46. The zero-order valence-corrected chi connectivity index (χ0v) is 13.3. The molecule has 2 aromatic carbocycles. The number of fused-ring (bicyclic) bond motifs is 1. The van der Waals surface area contributed by atoms with Crippen LogP contribution in [0.3, 0.4) is 0 Å². The van der Waals surface area contributed by atoms with E-state index in [1.54, 1.807) is 14.0 Å². The molecular weight excluding hydrogens is 292 g/mol. The van der Waals surface area contributed by atoms with Crippen LogP contribution in [0.1, 0.15) is 17.0 Å². The normalized spacial score (nSPS) is 10.7. The third-order valence-corrected chi connectivity index (χ3v) is 3.55. The van der Waals surface area contributed by atoms with Crippen molar-refractivity contribution in [2.75, 3.05) is 12.4 Å². The van der Waals surface area contributed by atoms with Gasteiger partial charge in [-0.1, -0.05) is 12.1 Å². The topological polar surface area (TPSA) is 64.4 Å². The fourth-order valence-corrected chi connectivity index (χ4v) is 2.49. The molecular formula is C18H18N2O3. The van der Waals surface area contributed by atoms with Gasteiger partial charge in [0.05, 0.1) is 19.2 Å². The average molecular weight is 310 g/mol. The molecule has 0 radical (unpaired) electrons. The number of carbonyl (C=O) groups is 1. The maximum Gasteiger partial charge on any atom is 0.228 e. The predicted octanol–water partition coefficient (Wildman–Crippen LogP) is 3.63. The van der Waals surface area contributed by atoms with Crippen LogP contribution in [0.15, 0.2) is 40.8 Å². The number of rotatable bonds is 4. The van der Waals surface area contributed by atoms with Crippen LogP contribution < -0.4 is 10.1 Å². The molecule has 0 saturated heterocycles. The summed E-state index contributed by atoms with van der Waals surface area (Å²) in [5.41, 5.74) is 4.10. The van der Waals surface area contributed by atoms with Gasteiger partial charge in [0.25, 0.3) is 0 Å². The number of nitrogens with zero attached hydrogens (tertiary/aromatic N) is 1. The minimum atomic E-state index is -0.107. The van der Waals surface area contributed by atoms with E-state index in [4.69, 9.17) is 9.15 Å². The highest BCUT2D eigenvalue weighted by Crippen LogP contribution is 2.25. The molecule has 0 bridgehead atoms. The first kappa shape index (κ1) is 15.1. The number of oxazole rings is 1. The molecule has 1 amide bonds. The number of amides is 1. The molecule has 0 aliphatic heterocycles. The number of hydrogen-bond donors (Lipinski definition) is 1. The molecule has 5 heteroatoms. The Bertz CT molecular complexity index is 868. The van der Waals surface area contributed by atoms with Crippen molar-refractivity contribution in [2.24, 2.45) is 0 Å². The zero-order valence-electron chi connectivity index (χ0n) is 13.3. The lowest BCUT2D eigenvalue weighted by Gasteiger charge is -2.11. The minimum Gasteiger partial charge on any atom is -0.495 e. The molecule has 5 nitrogen and oxygen atoms in total. The van der Waals surface area contributed by atoms with E-state index in [0.717, 1.165) is 16.6 Å². The van der Waals surface area contributed by atoms with Gasteiger partial charge in [-0.2, -0.15) is 0 Å². The first-order valence-electron chi connectivity index (χ1n) is 7.36. The van der Waals surface area contributed by atoms with Gasteiger partial charge in [-0.25, -0.2) is 4.98 Å². The summed E-state index contributed by atoms with van der Waals surface area (Å²) in [4.78, 5) is 16.5. The van der Waals surface area contributed by atoms with Crippen molar-refractivity contribution < 1.29 is 13.9 Å². The van der Waals surface area contributed by atoms with Crippen molar-refractivity contribution in [1.29, 1.82) is 0 Å². The van der Waals surface area contributed by atoms with E-state index in [-0.39, 0.29) is 12.3 Å². The molecule has 0 aliphatic carbocycles. The van der Waals surface area contributed by atoms with Crippen molar-refractivity contribution >= 4 is 22.7 Å². The summed E-state index contributed by atoms with van der Waals surface area (Å²) in [6.07, 6.45) is 0.257. The molecule has 1 heterocycles. The number of ether oxygens (including phenoxy) is 1. The van der Waals surface area contributed by atoms with Crippen molar-refractivity contribution in [2.45, 2.75) is 20.3 Å². The summed E-state index contributed by atoms with van der Waals surface area (Å²) in [6, 6.07) is 11.3. The molecule has 0 fully saturated rings. The summed E-state index contributed by atoms with van der Waals surface area (Å²) < 4.78 is 10.8. The summed E-state index contributed by atoms with van der Waals surface area (Å²) in [5.74, 6) is 1.15. The Balaban J connectivity index is 1.76. The van der Waals surface area contributed by atoms with Gasteiger partial charge in [-0.3, -0.25) is 4.79 Å². The van der Waals surface area contributed by atoms with E-state index < -0.39 is 0 Å². The van der Waals surface area contributed by atoms with Crippen molar-refractivity contribution in [1.82, 2.24) is 4.98 Å². The minimum absolute atomic E-state index is 0.107. The van der Waals surface area contributed by atoms with E-state index in [9.17, 15) is 4.79 Å². The quantitative estimate of drug-likeness (QED) is 0.799. The largest absolute Gasteiger partial charge is 0.495 e. The van der Waals surface area contributed by atoms with Crippen molar-refractivity contribution in [3.05, 3.63) is 53.4 Å². The summed E-state index contributed by atoms with van der Waals surface area (Å²) in [6.45, 7) is 3.77. The van der Waals surface area contributed by atoms with Crippen LogP contribution in [0.4, 0.5) is 5.69 Å². The maximum absolute atomic E-state index is 12.3. The molecule has 23 heavy (non-hydrogen) atoms. The summed E-state index contributed by atoms with van der Waals surface area (Å²) in [7, 11) is 1.58. The monoisotopic (exact) mass is 310 g/mol. The maximum atomic E-state index is 12.3. The number of hydrogen-bond acceptors (Lipinski definition) is 4. The number of aryl methyl sites for hydroxylation is 2. The van der Waals surface area contributed by atoms with Crippen LogP contribution in [0.2, 0.25) is 0 Å². The average Bonchev–Trinajstić information content (AvgIpc) is 2.86. The van der Waals surface area contributed by atoms with E-state index >= 15 is 0 Å². The Morgan fingerprint density at radius 2 is 2.04 bits per heavy atom. The molecule has 0 unspecified atom stereocenters. The van der Waals surface area contributed by atoms with Gasteiger partial charge in [0.15, 0.2) is 11.5 Å². The van der Waals surface area contributed by atoms with Crippen LogP contribution in [0.25, 0.3) is 11.1 Å². The number of anilines is 1. The molecule has 1 aromatic heterocycles. The molecule has 0 spiro atoms. The van der Waals surface area contributed by atoms with Crippen LogP contribution in [-0.2, 0) is 11.2 Å². The fourth-order valence-electron chi connectivity index (χ4n) is 2.49. The van der Waals surface area contributed by atoms with E-state index in [2.05, 4.69) is 10.3 Å². The van der Waals surface area contributed by atoms with Crippen LogP contribution in [0.5, 0.6) is 5.75 Å². The van der Waals surface area contributed by atoms with Gasteiger partial charge in [0.1, 0.15) is 11.3 Å². The number of methoxy groups -OCH3 is 1. The number of carbonyl (C=O) groups excluding carboxylic acids is 1. The molecule has 0 saturated carbocycles. The van der Waals surface area contributed by atoms with Crippen LogP contribution in [0, 0.1) is 13.8 Å². The highest BCUT2D eigenvalue weighted by molar-refractivity contribution is 5.94. The Morgan fingerprint density at radius 1 is 1.22 bits per heavy atom. The Kier molecular flexibility index (Phi) is 4.02. The number of aromatic nitrogens is 1. The molecule has 3 aromatic rings. The SMILES string of the molecule is COc1ccc(C)cc1NC(=O)Cc1ccc2nc(C)oc2c1. The van der Waals surface area contributed by atoms with Gasteiger partial charge in [0, 0.05) is 6.92 Å². The van der Waals surface area contributed by atoms with Gasteiger partial charge < -0.3 is 14.5 Å². The highest BCUT2D eigenvalue weighted by Gasteiger charge is 2.10. The van der Waals surface area contributed by atoms with Crippen LogP contribution in [-0.4, -0.2) is 18.0 Å². The van der Waals surface area contributed by atoms with Gasteiger partial charge in [0.2, 0.25) is 5.91 Å². The van der Waals surface area contributed by atoms with Crippen LogP contribution >= 0.6 is 0 Å². The molecule has 3 rings (SSSR count). The smallest absolute Gasteiger partial charge is 0.228 e. The van der Waals surface area contributed by atoms with Gasteiger partial charge >= 0.3 is 0 Å². The van der Waals surface area contributed by atoms with Gasteiger partial charge in [-0.05, 0) is 42.3 Å². The summed E-state index contributed by atoms with van der Waals surface area (Å²) >= 11 is 0. The Morgan fingerprint density at radius 3 is 2.83 bits per heavy atom. The Labute approximate surface area is 134 Å². The summed E-state index contributed by atoms with van der Waals surface area (Å²) in [5, 5.41) is 2.89. The predicted molar refractivity (Wildman–Crippen MR) is 88.8 cm³/mol. The number of nitrogens with one attached hydrogen (secondary N) is 1. The van der Waals surface area contributed by atoms with Crippen molar-refractivity contribution in [3.63, 3.8) is 0 Å². The van der Waals surface area contributed by atoms with E-state index in [1.165, 1.54) is 0 Å². The second kappa shape index (κ2) is 6.12. The lowest BCUT2D eigenvalue weighted by Crippen LogP contribution is -2.15. The molecule has 1 N–H and O–H groups in total. The molecule has 0 aliphatic rings. The van der Waals surface area contributed by atoms with E-state index in [1.807, 2.05) is 43.3 Å². The van der Waals surface area contributed by atoms with Gasteiger partial charge in [-0.15, -0.1) is 0 Å².